The number of anilines is 1. The molecular formula is C25H26N4O3. The Labute approximate surface area is 187 Å². The van der Waals surface area contributed by atoms with Crippen LogP contribution in [-0.2, 0) is 4.79 Å². The smallest absolute Gasteiger partial charge is 0.226 e. The van der Waals surface area contributed by atoms with Crippen molar-refractivity contribution in [3.05, 3.63) is 76.8 Å². The van der Waals surface area contributed by atoms with Gasteiger partial charge in [-0.25, -0.2) is 4.68 Å². The predicted octanol–water partition coefficient (Wildman–Crippen LogP) is 4.41. The number of carbonyl (C=O) groups excluding carboxylic acids is 1. The average molecular weight is 431 g/mol. The topological polar surface area (TPSA) is 78.3 Å². The number of nitrogens with one attached hydrogen (secondary N) is 1. The number of rotatable bonds is 5. The van der Waals surface area contributed by atoms with Gasteiger partial charge in [-0.2, -0.15) is 10.1 Å². The summed E-state index contributed by atoms with van der Waals surface area (Å²) in [6.45, 7) is 4.44. The molecule has 0 fully saturated rings. The molecule has 32 heavy (non-hydrogen) atoms. The Morgan fingerprint density at radius 3 is 2.41 bits per heavy atom. The zero-order valence-corrected chi connectivity index (χ0v) is 18.5. The SMILES string of the molecule is CCOc1ccc(C2C3=C(CC(c4ccc(OC)cc4)CC3=O)Nc3nc(C)nn32)cc1. The van der Waals surface area contributed by atoms with Crippen LogP contribution in [0.3, 0.4) is 0 Å². The number of aromatic nitrogens is 3. The van der Waals surface area contributed by atoms with Crippen molar-refractivity contribution in [1.82, 2.24) is 14.8 Å². The predicted molar refractivity (Wildman–Crippen MR) is 121 cm³/mol. The van der Waals surface area contributed by atoms with Gasteiger partial charge in [0.25, 0.3) is 0 Å². The number of nitrogens with zero attached hydrogens (tertiary/aromatic N) is 3. The highest BCUT2D eigenvalue weighted by Gasteiger charge is 2.39. The third kappa shape index (κ3) is 3.53. The third-order valence-corrected chi connectivity index (χ3v) is 6.12. The first-order valence-corrected chi connectivity index (χ1v) is 10.9. The second-order valence-corrected chi connectivity index (χ2v) is 8.15. The van der Waals surface area contributed by atoms with E-state index in [1.807, 2.05) is 67.1 Å². The minimum absolute atomic E-state index is 0.108. The number of methoxy groups -OCH3 is 1. The minimum atomic E-state index is -0.303. The fraction of sp³-hybridized carbons (Fsp3) is 0.320. The van der Waals surface area contributed by atoms with E-state index >= 15 is 0 Å². The second kappa shape index (κ2) is 8.15. The molecule has 0 amide bonds. The van der Waals surface area contributed by atoms with E-state index in [1.54, 1.807) is 7.11 Å². The molecular weight excluding hydrogens is 404 g/mol. The normalized spacial score (nSPS) is 19.8. The second-order valence-electron chi connectivity index (χ2n) is 8.15. The van der Waals surface area contributed by atoms with E-state index in [1.165, 1.54) is 0 Å². The van der Waals surface area contributed by atoms with Crippen LogP contribution in [0.4, 0.5) is 5.95 Å². The molecule has 2 aromatic carbocycles. The summed E-state index contributed by atoms with van der Waals surface area (Å²) in [6, 6.07) is 15.6. The number of benzene rings is 2. The zero-order chi connectivity index (χ0) is 22.2. The van der Waals surface area contributed by atoms with E-state index in [4.69, 9.17) is 9.47 Å². The quantitative estimate of drug-likeness (QED) is 0.646. The van der Waals surface area contributed by atoms with Gasteiger partial charge >= 0.3 is 0 Å². The van der Waals surface area contributed by atoms with Crippen LogP contribution in [0.1, 0.15) is 48.7 Å². The number of ether oxygens (including phenoxy) is 2. The number of allylic oxidation sites excluding steroid dienone is 2. The zero-order valence-electron chi connectivity index (χ0n) is 18.5. The molecule has 1 aliphatic carbocycles. The minimum Gasteiger partial charge on any atom is -0.497 e. The molecule has 2 heterocycles. The van der Waals surface area contributed by atoms with Gasteiger partial charge in [-0.1, -0.05) is 24.3 Å². The number of carbonyl (C=O) groups is 1. The van der Waals surface area contributed by atoms with Crippen LogP contribution < -0.4 is 14.8 Å². The van der Waals surface area contributed by atoms with Crippen molar-refractivity contribution in [1.29, 1.82) is 0 Å². The Kier molecular flexibility index (Phi) is 5.17. The molecule has 1 aliphatic heterocycles. The third-order valence-electron chi connectivity index (χ3n) is 6.12. The van der Waals surface area contributed by atoms with Gasteiger partial charge in [0, 0.05) is 17.7 Å². The van der Waals surface area contributed by atoms with E-state index in [0.717, 1.165) is 40.3 Å². The molecule has 0 saturated heterocycles. The van der Waals surface area contributed by atoms with Gasteiger partial charge in [-0.05, 0) is 61.6 Å². The fourth-order valence-corrected chi connectivity index (χ4v) is 4.65. The van der Waals surface area contributed by atoms with Crippen LogP contribution in [0, 0.1) is 6.92 Å². The van der Waals surface area contributed by atoms with E-state index in [-0.39, 0.29) is 17.7 Å². The number of ketones is 1. The van der Waals surface area contributed by atoms with Crippen molar-refractivity contribution in [2.75, 3.05) is 19.0 Å². The Hall–Kier alpha value is -3.61. The first kappa shape index (κ1) is 20.3. The monoisotopic (exact) mass is 430 g/mol. The number of hydrogen-bond donors (Lipinski definition) is 1. The Balaban J connectivity index is 1.54. The molecule has 164 valence electrons. The highest BCUT2D eigenvalue weighted by atomic mass is 16.5. The summed E-state index contributed by atoms with van der Waals surface area (Å²) in [4.78, 5) is 18.1. The molecule has 2 aliphatic rings. The molecule has 1 aromatic heterocycles. The lowest BCUT2D eigenvalue weighted by Gasteiger charge is -2.35. The van der Waals surface area contributed by atoms with Gasteiger partial charge < -0.3 is 14.8 Å². The van der Waals surface area contributed by atoms with Crippen LogP contribution >= 0.6 is 0 Å². The molecule has 7 nitrogen and oxygen atoms in total. The maximum Gasteiger partial charge on any atom is 0.226 e. The molecule has 3 aromatic rings. The number of fused-ring (bicyclic) bond motifs is 1. The molecule has 0 saturated carbocycles. The molecule has 0 spiro atoms. The van der Waals surface area contributed by atoms with Crippen LogP contribution in [0.15, 0.2) is 59.8 Å². The van der Waals surface area contributed by atoms with Gasteiger partial charge in [-0.15, -0.1) is 0 Å². The molecule has 2 atom stereocenters. The molecule has 0 radical (unpaired) electrons. The summed E-state index contributed by atoms with van der Waals surface area (Å²) in [7, 11) is 1.65. The van der Waals surface area contributed by atoms with Crippen molar-refractivity contribution >= 4 is 11.7 Å². The molecule has 0 bridgehead atoms. The first-order chi connectivity index (χ1) is 15.6. The molecule has 2 unspecified atom stereocenters. The van der Waals surface area contributed by atoms with Crippen molar-refractivity contribution in [2.45, 2.75) is 38.6 Å². The number of aryl methyl sites for hydroxylation is 1. The standard InChI is InChI=1S/C25H26N4O3/c1-4-32-20-11-7-17(8-12-20)24-23-21(27-25-26-15(2)28-29(24)25)13-18(14-22(23)30)16-5-9-19(31-3)10-6-16/h5-12,18,24H,4,13-14H2,1-3H3,(H,26,27,28). The number of Topliss-reactive ketones (excluding diaryl/α,β-unsaturated/α-hetero) is 1. The van der Waals surface area contributed by atoms with E-state index in [9.17, 15) is 4.79 Å². The summed E-state index contributed by atoms with van der Waals surface area (Å²) in [6.07, 6.45) is 1.20. The summed E-state index contributed by atoms with van der Waals surface area (Å²) < 4.78 is 12.7. The molecule has 7 heteroatoms. The maximum atomic E-state index is 13.5. The largest absolute Gasteiger partial charge is 0.497 e. The fourth-order valence-electron chi connectivity index (χ4n) is 4.65. The van der Waals surface area contributed by atoms with Crippen molar-refractivity contribution in [3.63, 3.8) is 0 Å². The summed E-state index contributed by atoms with van der Waals surface area (Å²) in [5, 5.41) is 8.00. The van der Waals surface area contributed by atoms with Gasteiger partial charge in [0.05, 0.1) is 13.7 Å². The van der Waals surface area contributed by atoms with Crippen LogP contribution in [0.25, 0.3) is 0 Å². The van der Waals surface area contributed by atoms with E-state index in [0.29, 0.717) is 24.8 Å². The van der Waals surface area contributed by atoms with Gasteiger partial charge in [0.2, 0.25) is 5.95 Å². The van der Waals surface area contributed by atoms with Crippen LogP contribution in [-0.4, -0.2) is 34.3 Å². The van der Waals surface area contributed by atoms with Crippen LogP contribution in [0.2, 0.25) is 0 Å². The lowest BCUT2D eigenvalue weighted by Crippen LogP contribution is -2.33. The van der Waals surface area contributed by atoms with Gasteiger partial charge in [0.15, 0.2) is 5.78 Å². The van der Waals surface area contributed by atoms with E-state index < -0.39 is 0 Å². The van der Waals surface area contributed by atoms with Crippen molar-refractivity contribution in [2.24, 2.45) is 0 Å². The van der Waals surface area contributed by atoms with Gasteiger partial charge in [0.1, 0.15) is 23.4 Å². The Morgan fingerprint density at radius 2 is 1.72 bits per heavy atom. The van der Waals surface area contributed by atoms with Crippen molar-refractivity contribution in [3.8, 4) is 11.5 Å². The Bertz CT molecular complexity index is 1180. The van der Waals surface area contributed by atoms with Crippen molar-refractivity contribution < 1.29 is 14.3 Å². The average Bonchev–Trinajstić information content (AvgIpc) is 3.18. The summed E-state index contributed by atoms with van der Waals surface area (Å²) in [5.41, 5.74) is 3.83. The first-order valence-electron chi connectivity index (χ1n) is 10.9. The lowest BCUT2D eigenvalue weighted by molar-refractivity contribution is -0.116. The molecule has 5 rings (SSSR count). The maximum absolute atomic E-state index is 13.5. The summed E-state index contributed by atoms with van der Waals surface area (Å²) in [5.74, 6) is 3.20. The highest BCUT2D eigenvalue weighted by Crippen LogP contribution is 2.44. The van der Waals surface area contributed by atoms with Gasteiger partial charge in [-0.3, -0.25) is 4.79 Å². The summed E-state index contributed by atoms with van der Waals surface area (Å²) >= 11 is 0. The number of hydrogen-bond acceptors (Lipinski definition) is 6. The Morgan fingerprint density at radius 1 is 1.03 bits per heavy atom. The van der Waals surface area contributed by atoms with Crippen LogP contribution in [0.5, 0.6) is 11.5 Å². The lowest BCUT2D eigenvalue weighted by atomic mass is 9.78. The van der Waals surface area contributed by atoms with E-state index in [2.05, 4.69) is 15.4 Å². The molecule has 1 N–H and O–H groups in total. The highest BCUT2D eigenvalue weighted by molar-refractivity contribution is 6.00.